The van der Waals surface area contributed by atoms with Crippen molar-refractivity contribution in [1.29, 1.82) is 0 Å². The van der Waals surface area contributed by atoms with Crippen LogP contribution in [0.3, 0.4) is 0 Å². The molecule has 0 saturated heterocycles. The Bertz CT molecular complexity index is 719. The minimum absolute atomic E-state index is 0.380. The van der Waals surface area contributed by atoms with Gasteiger partial charge in [-0.3, -0.25) is 4.79 Å². The topological polar surface area (TPSA) is 89.8 Å². The van der Waals surface area contributed by atoms with Gasteiger partial charge in [0, 0.05) is 0 Å². The molecule has 46 heavy (non-hydrogen) atoms. The van der Waals surface area contributed by atoms with Gasteiger partial charge in [-0.2, -0.15) is 0 Å². The summed E-state index contributed by atoms with van der Waals surface area (Å²) in [5, 5.41) is 33.0. The minimum Gasteiger partial charge on any atom is -0.394 e. The first-order valence-electron chi connectivity index (χ1n) is 19.8. The maximum atomic E-state index is 12.4. The largest absolute Gasteiger partial charge is 0.394 e. The highest BCUT2D eigenvalue weighted by atomic mass is 16.3. The Morgan fingerprint density at radius 2 is 0.891 bits per heavy atom. The smallest absolute Gasteiger partial charge is 0.249 e. The van der Waals surface area contributed by atoms with Gasteiger partial charge in [-0.25, -0.2) is 0 Å². The van der Waals surface area contributed by atoms with Crippen LogP contribution >= 0.6 is 0 Å². The molecule has 3 atom stereocenters. The standard InChI is InChI=1S/C41H77NO4/c1-3-5-7-9-11-13-15-17-18-19-20-21-22-24-25-27-29-31-33-35-39(44)38(37-43)42-41(46)40(45)36-34-32-30-28-26-23-16-14-12-10-8-6-4-2/h20-21,25,27,33,35,38-40,43-45H,3-19,22-24,26,28-32,34,36-37H2,1-2H3,(H,42,46)/b21-20+,27-25+,35-33+. The molecule has 0 fully saturated rings. The first-order valence-corrected chi connectivity index (χ1v) is 19.8. The summed E-state index contributed by atoms with van der Waals surface area (Å²) in [5.74, 6) is -0.518. The van der Waals surface area contributed by atoms with Gasteiger partial charge < -0.3 is 20.6 Å². The van der Waals surface area contributed by atoms with Crippen molar-refractivity contribution in [3.8, 4) is 0 Å². The van der Waals surface area contributed by atoms with E-state index in [1.165, 1.54) is 128 Å². The Kier molecular flexibility index (Phi) is 35.3. The zero-order valence-electron chi connectivity index (χ0n) is 30.5. The molecule has 0 aliphatic rings. The molecule has 0 aromatic rings. The van der Waals surface area contributed by atoms with Crippen molar-refractivity contribution in [2.45, 2.75) is 212 Å². The minimum atomic E-state index is -1.10. The molecule has 4 N–H and O–H groups in total. The molecule has 0 bridgehead atoms. The van der Waals surface area contributed by atoms with Crippen LogP contribution < -0.4 is 5.32 Å². The van der Waals surface area contributed by atoms with Crippen molar-refractivity contribution in [2.75, 3.05) is 6.61 Å². The third-order valence-corrected chi connectivity index (χ3v) is 8.96. The second-order valence-corrected chi connectivity index (χ2v) is 13.5. The molecule has 0 rings (SSSR count). The van der Waals surface area contributed by atoms with Crippen LogP contribution in [0.5, 0.6) is 0 Å². The van der Waals surface area contributed by atoms with Crippen LogP contribution in [0, 0.1) is 0 Å². The fourth-order valence-corrected chi connectivity index (χ4v) is 5.80. The van der Waals surface area contributed by atoms with E-state index in [1.54, 1.807) is 6.08 Å². The highest BCUT2D eigenvalue weighted by molar-refractivity contribution is 5.80. The van der Waals surface area contributed by atoms with Crippen molar-refractivity contribution in [2.24, 2.45) is 0 Å². The molecule has 0 heterocycles. The summed E-state index contributed by atoms with van der Waals surface area (Å²) in [6.45, 7) is 4.15. The normalized spacial score (nSPS) is 14.1. The van der Waals surface area contributed by atoms with Crippen molar-refractivity contribution in [3.05, 3.63) is 36.5 Å². The van der Waals surface area contributed by atoms with Crippen LogP contribution in [0.2, 0.25) is 0 Å². The molecule has 0 aliphatic carbocycles. The summed E-state index contributed by atoms with van der Waals surface area (Å²) in [5.41, 5.74) is 0. The lowest BCUT2D eigenvalue weighted by atomic mass is 10.0. The van der Waals surface area contributed by atoms with Crippen molar-refractivity contribution >= 4 is 5.91 Å². The van der Waals surface area contributed by atoms with Gasteiger partial charge in [-0.1, -0.05) is 185 Å². The molecule has 0 aromatic carbocycles. The molecule has 0 radical (unpaired) electrons. The van der Waals surface area contributed by atoms with E-state index in [4.69, 9.17) is 0 Å². The van der Waals surface area contributed by atoms with Crippen molar-refractivity contribution < 1.29 is 20.1 Å². The Morgan fingerprint density at radius 1 is 0.522 bits per heavy atom. The lowest BCUT2D eigenvalue weighted by Crippen LogP contribution is -2.48. The highest BCUT2D eigenvalue weighted by Gasteiger charge is 2.22. The molecule has 3 unspecified atom stereocenters. The predicted octanol–water partition coefficient (Wildman–Crippen LogP) is 10.8. The summed E-state index contributed by atoms with van der Waals surface area (Å²) in [6, 6.07) is -0.817. The Balaban J connectivity index is 3.80. The van der Waals surface area contributed by atoms with E-state index in [0.29, 0.717) is 6.42 Å². The summed E-state index contributed by atoms with van der Waals surface area (Å²) in [4.78, 5) is 12.4. The van der Waals surface area contributed by atoms with Crippen LogP contribution in [0.15, 0.2) is 36.5 Å². The average Bonchev–Trinajstić information content (AvgIpc) is 3.06. The van der Waals surface area contributed by atoms with Gasteiger partial charge >= 0.3 is 0 Å². The van der Waals surface area contributed by atoms with Crippen molar-refractivity contribution in [3.63, 3.8) is 0 Å². The molecule has 0 spiro atoms. The molecule has 0 aromatic heterocycles. The third-order valence-electron chi connectivity index (χ3n) is 8.96. The Hall–Kier alpha value is -1.43. The number of aliphatic hydroxyl groups is 3. The van der Waals surface area contributed by atoms with E-state index in [0.717, 1.165) is 44.9 Å². The number of aliphatic hydroxyl groups excluding tert-OH is 3. The van der Waals surface area contributed by atoms with Gasteiger partial charge in [0.1, 0.15) is 6.10 Å². The van der Waals surface area contributed by atoms with Gasteiger partial charge in [-0.05, 0) is 44.9 Å². The Morgan fingerprint density at radius 3 is 1.33 bits per heavy atom. The van der Waals surface area contributed by atoms with E-state index in [-0.39, 0.29) is 6.61 Å². The van der Waals surface area contributed by atoms with Gasteiger partial charge in [0.25, 0.3) is 0 Å². The summed E-state index contributed by atoms with van der Waals surface area (Å²) in [7, 11) is 0. The lowest BCUT2D eigenvalue weighted by molar-refractivity contribution is -0.131. The summed E-state index contributed by atoms with van der Waals surface area (Å²) < 4.78 is 0. The van der Waals surface area contributed by atoms with E-state index in [1.807, 2.05) is 6.08 Å². The molecule has 0 aliphatic heterocycles. The maximum Gasteiger partial charge on any atom is 0.249 e. The van der Waals surface area contributed by atoms with E-state index in [9.17, 15) is 20.1 Å². The summed E-state index contributed by atoms with van der Waals surface area (Å²) >= 11 is 0. The fourth-order valence-electron chi connectivity index (χ4n) is 5.80. The third kappa shape index (κ3) is 31.2. The summed E-state index contributed by atoms with van der Waals surface area (Å²) in [6.07, 6.45) is 44.5. The molecular weight excluding hydrogens is 570 g/mol. The maximum absolute atomic E-state index is 12.4. The van der Waals surface area contributed by atoms with Crippen LogP contribution in [0.1, 0.15) is 194 Å². The van der Waals surface area contributed by atoms with Crippen LogP contribution in [0.4, 0.5) is 0 Å². The van der Waals surface area contributed by atoms with Gasteiger partial charge in [0.2, 0.25) is 5.91 Å². The first kappa shape index (κ1) is 44.6. The second-order valence-electron chi connectivity index (χ2n) is 13.5. The number of hydrogen-bond donors (Lipinski definition) is 4. The highest BCUT2D eigenvalue weighted by Crippen LogP contribution is 2.14. The number of unbranched alkanes of at least 4 members (excludes halogenated alkanes) is 23. The quantitative estimate of drug-likeness (QED) is 0.0407. The number of rotatable bonds is 35. The van der Waals surface area contributed by atoms with E-state index >= 15 is 0 Å². The molecular formula is C41H77NO4. The van der Waals surface area contributed by atoms with Crippen LogP contribution in [-0.4, -0.2) is 46.1 Å². The van der Waals surface area contributed by atoms with Crippen molar-refractivity contribution in [1.82, 2.24) is 5.32 Å². The molecule has 5 nitrogen and oxygen atoms in total. The second kappa shape index (κ2) is 36.4. The first-order chi connectivity index (χ1) is 22.6. The number of carbonyl (C=O) groups excluding carboxylic acids is 1. The zero-order chi connectivity index (χ0) is 33.8. The zero-order valence-corrected chi connectivity index (χ0v) is 30.5. The number of amides is 1. The van der Waals surface area contributed by atoms with Crippen LogP contribution in [0.25, 0.3) is 0 Å². The average molecular weight is 648 g/mol. The van der Waals surface area contributed by atoms with Gasteiger partial charge in [0.15, 0.2) is 0 Å². The lowest BCUT2D eigenvalue weighted by Gasteiger charge is -2.21. The predicted molar refractivity (Wildman–Crippen MR) is 199 cm³/mol. The number of allylic oxidation sites excluding steroid dienone is 5. The monoisotopic (exact) mass is 648 g/mol. The molecule has 1 amide bonds. The number of hydrogen-bond acceptors (Lipinski definition) is 4. The van der Waals surface area contributed by atoms with E-state index in [2.05, 4.69) is 43.5 Å². The van der Waals surface area contributed by atoms with Gasteiger partial charge in [0.05, 0.1) is 18.8 Å². The van der Waals surface area contributed by atoms with Gasteiger partial charge in [-0.15, -0.1) is 0 Å². The SMILES string of the molecule is CCCCCCCCCCC/C=C/CC/C=C/CC/C=C/C(O)C(CO)NC(=O)C(O)CCCCCCCCCCCCCCC. The molecule has 5 heteroatoms. The number of nitrogens with one attached hydrogen (secondary N) is 1. The molecule has 0 saturated carbocycles. The molecule has 270 valence electrons. The Labute approximate surface area is 285 Å². The van der Waals surface area contributed by atoms with Crippen LogP contribution in [-0.2, 0) is 4.79 Å². The fraction of sp³-hybridized carbons (Fsp3) is 0.829. The number of carbonyl (C=O) groups is 1. The van der Waals surface area contributed by atoms with E-state index < -0.39 is 24.2 Å².